The number of aryl methyl sites for hydroxylation is 1. The lowest BCUT2D eigenvalue weighted by molar-refractivity contribution is -0.119. The highest BCUT2D eigenvalue weighted by Crippen LogP contribution is 2.31. The van der Waals surface area contributed by atoms with Crippen LogP contribution in [0.1, 0.15) is 18.4 Å². The van der Waals surface area contributed by atoms with E-state index in [-0.39, 0.29) is 36.1 Å². The highest BCUT2D eigenvalue weighted by atomic mass is 35.5. The zero-order valence-corrected chi connectivity index (χ0v) is 16.3. The van der Waals surface area contributed by atoms with Crippen LogP contribution in [0.3, 0.4) is 0 Å². The number of hydrogen-bond donors (Lipinski definition) is 3. The molecule has 1 aliphatic rings. The van der Waals surface area contributed by atoms with E-state index in [2.05, 4.69) is 21.0 Å². The van der Waals surface area contributed by atoms with Gasteiger partial charge in [0, 0.05) is 45.2 Å². The molecule has 1 aromatic carbocycles. The summed E-state index contributed by atoms with van der Waals surface area (Å²) in [5.41, 5.74) is 2.09. The summed E-state index contributed by atoms with van der Waals surface area (Å²) in [5.74, 6) is 0.113. The van der Waals surface area contributed by atoms with Gasteiger partial charge in [-0.1, -0.05) is 0 Å². The Morgan fingerprint density at radius 3 is 2.67 bits per heavy atom. The molecule has 3 N–H and O–H groups in total. The first-order chi connectivity index (χ1) is 12.5. The van der Waals surface area contributed by atoms with Crippen LogP contribution in [-0.4, -0.2) is 41.8 Å². The number of hydrogen-bond acceptors (Lipinski definition) is 5. The third kappa shape index (κ3) is 4.78. The second-order valence-corrected chi connectivity index (χ2v) is 6.40. The van der Waals surface area contributed by atoms with Crippen molar-refractivity contribution in [1.29, 1.82) is 0 Å². The van der Waals surface area contributed by atoms with Crippen LogP contribution in [-0.2, 0) is 16.6 Å². The number of nitrogens with one attached hydrogen (secondary N) is 3. The molecule has 1 saturated heterocycles. The zero-order valence-electron chi connectivity index (χ0n) is 15.5. The van der Waals surface area contributed by atoms with Crippen LogP contribution in [0.4, 0.5) is 11.4 Å². The summed E-state index contributed by atoms with van der Waals surface area (Å²) in [7, 11) is 3.41. The Bertz CT molecular complexity index is 823. The number of ether oxygens (including phenoxy) is 1. The first-order valence-electron chi connectivity index (χ1n) is 8.43. The summed E-state index contributed by atoms with van der Waals surface area (Å²) < 4.78 is 6.96. The van der Waals surface area contributed by atoms with Gasteiger partial charge in [-0.3, -0.25) is 14.3 Å². The van der Waals surface area contributed by atoms with Crippen molar-refractivity contribution in [3.8, 4) is 5.75 Å². The smallest absolute Gasteiger partial charge is 0.229 e. The fourth-order valence-corrected chi connectivity index (χ4v) is 3.21. The third-order valence-corrected chi connectivity index (χ3v) is 4.50. The number of halogens is 1. The number of nitrogens with zero attached hydrogens (tertiary/aromatic N) is 2. The molecule has 146 valence electrons. The average molecular weight is 394 g/mol. The molecule has 0 bridgehead atoms. The molecule has 1 fully saturated rings. The Hall–Kier alpha value is -2.58. The van der Waals surface area contributed by atoms with E-state index >= 15 is 0 Å². The lowest BCUT2D eigenvalue weighted by Crippen LogP contribution is -2.28. The number of aromatic nitrogens is 2. The molecule has 2 aromatic rings. The van der Waals surface area contributed by atoms with Crippen molar-refractivity contribution in [2.45, 2.75) is 12.8 Å². The van der Waals surface area contributed by atoms with Crippen LogP contribution in [0.2, 0.25) is 0 Å². The molecule has 2 amide bonds. The van der Waals surface area contributed by atoms with Crippen molar-refractivity contribution in [3.05, 3.63) is 36.2 Å². The van der Waals surface area contributed by atoms with E-state index in [1.54, 1.807) is 36.2 Å². The zero-order chi connectivity index (χ0) is 18.7. The second-order valence-electron chi connectivity index (χ2n) is 6.40. The monoisotopic (exact) mass is 393 g/mol. The second kappa shape index (κ2) is 8.88. The van der Waals surface area contributed by atoms with Crippen molar-refractivity contribution in [2.75, 3.05) is 30.8 Å². The molecule has 2 heterocycles. The lowest BCUT2D eigenvalue weighted by Gasteiger charge is -2.19. The van der Waals surface area contributed by atoms with Gasteiger partial charge >= 0.3 is 0 Å². The molecule has 0 unspecified atom stereocenters. The van der Waals surface area contributed by atoms with E-state index in [0.717, 1.165) is 12.1 Å². The number of carbonyl (C=O) groups is 2. The minimum Gasteiger partial charge on any atom is -0.497 e. The van der Waals surface area contributed by atoms with Crippen LogP contribution in [0.15, 0.2) is 30.6 Å². The van der Waals surface area contributed by atoms with Crippen molar-refractivity contribution in [3.63, 3.8) is 0 Å². The molecule has 1 aromatic heterocycles. The summed E-state index contributed by atoms with van der Waals surface area (Å²) in [6.07, 6.45) is 3.73. The molecule has 8 nitrogen and oxygen atoms in total. The van der Waals surface area contributed by atoms with Gasteiger partial charge in [0.25, 0.3) is 0 Å². The summed E-state index contributed by atoms with van der Waals surface area (Å²) >= 11 is 0. The summed E-state index contributed by atoms with van der Waals surface area (Å²) in [4.78, 5) is 24.3. The van der Waals surface area contributed by atoms with Gasteiger partial charge in [-0.25, -0.2) is 0 Å². The molecule has 2 atom stereocenters. The molecule has 3 rings (SSSR count). The van der Waals surface area contributed by atoms with E-state index in [1.807, 2.05) is 13.2 Å². The van der Waals surface area contributed by atoms with Gasteiger partial charge in [-0.2, -0.15) is 5.10 Å². The number of amides is 2. The van der Waals surface area contributed by atoms with E-state index < -0.39 is 0 Å². The lowest BCUT2D eigenvalue weighted by atomic mass is 9.90. The van der Waals surface area contributed by atoms with E-state index in [0.29, 0.717) is 23.7 Å². The largest absolute Gasteiger partial charge is 0.497 e. The predicted octanol–water partition coefficient (Wildman–Crippen LogP) is 1.75. The van der Waals surface area contributed by atoms with Crippen molar-refractivity contribution >= 4 is 35.6 Å². The van der Waals surface area contributed by atoms with E-state index in [9.17, 15) is 9.59 Å². The SMILES string of the molecule is COc1ccc(NC(C)=O)c(NC(=O)[C@H]2CNC[C@@H]2c2cnn(C)c2)c1.Cl. The molecular formula is C18H24ClN5O3. The maximum atomic E-state index is 12.9. The summed E-state index contributed by atoms with van der Waals surface area (Å²) in [5, 5.41) is 13.1. The van der Waals surface area contributed by atoms with Crippen molar-refractivity contribution in [2.24, 2.45) is 13.0 Å². The van der Waals surface area contributed by atoms with Gasteiger partial charge in [0.15, 0.2) is 0 Å². The van der Waals surface area contributed by atoms with Gasteiger partial charge in [-0.05, 0) is 17.7 Å². The Balaban J connectivity index is 0.00000261. The minimum absolute atomic E-state index is 0. The first kappa shape index (κ1) is 20.7. The standard InChI is InChI=1S/C18H23N5O3.ClH/c1-11(24)21-16-5-4-13(26-3)6-17(16)22-18(25)15-9-19-8-14(15)12-7-20-23(2)10-12;/h4-7,10,14-15,19H,8-9H2,1-3H3,(H,21,24)(H,22,25);1H/t14-,15+;/m1./s1. The average Bonchev–Trinajstić information content (AvgIpc) is 3.24. The highest BCUT2D eigenvalue weighted by molar-refractivity contribution is 6.00. The fraction of sp³-hybridized carbons (Fsp3) is 0.389. The van der Waals surface area contributed by atoms with Crippen LogP contribution in [0.25, 0.3) is 0 Å². The molecular weight excluding hydrogens is 370 g/mol. The van der Waals surface area contributed by atoms with Gasteiger partial charge in [0.05, 0.1) is 30.6 Å². The molecule has 1 aliphatic heterocycles. The van der Waals surface area contributed by atoms with Crippen LogP contribution in [0.5, 0.6) is 5.75 Å². The van der Waals surface area contributed by atoms with Crippen LogP contribution >= 0.6 is 12.4 Å². The quantitative estimate of drug-likeness (QED) is 0.719. The van der Waals surface area contributed by atoms with Gasteiger partial charge in [0.1, 0.15) is 5.75 Å². The topological polar surface area (TPSA) is 97.3 Å². The fourth-order valence-electron chi connectivity index (χ4n) is 3.21. The number of anilines is 2. The summed E-state index contributed by atoms with van der Waals surface area (Å²) in [6, 6.07) is 5.14. The normalized spacial score (nSPS) is 18.5. The van der Waals surface area contributed by atoms with E-state index in [1.165, 1.54) is 6.92 Å². The highest BCUT2D eigenvalue weighted by Gasteiger charge is 2.35. The molecule has 0 aliphatic carbocycles. The van der Waals surface area contributed by atoms with Crippen LogP contribution < -0.4 is 20.7 Å². The number of carbonyl (C=O) groups excluding carboxylic acids is 2. The Morgan fingerprint density at radius 2 is 2.04 bits per heavy atom. The van der Waals surface area contributed by atoms with Crippen molar-refractivity contribution < 1.29 is 14.3 Å². The number of benzene rings is 1. The maximum absolute atomic E-state index is 12.9. The molecule has 27 heavy (non-hydrogen) atoms. The maximum Gasteiger partial charge on any atom is 0.229 e. The molecule has 9 heteroatoms. The Morgan fingerprint density at radius 1 is 1.26 bits per heavy atom. The minimum atomic E-state index is -0.226. The van der Waals surface area contributed by atoms with Crippen LogP contribution in [0, 0.1) is 5.92 Å². The van der Waals surface area contributed by atoms with E-state index in [4.69, 9.17) is 4.74 Å². The summed E-state index contributed by atoms with van der Waals surface area (Å²) in [6.45, 7) is 2.74. The Labute approximate surface area is 164 Å². The number of methoxy groups -OCH3 is 1. The predicted molar refractivity (Wildman–Crippen MR) is 105 cm³/mol. The van der Waals surface area contributed by atoms with Gasteiger partial charge < -0.3 is 20.7 Å². The Kier molecular flexibility index (Phi) is 6.81. The van der Waals surface area contributed by atoms with Crippen molar-refractivity contribution in [1.82, 2.24) is 15.1 Å². The van der Waals surface area contributed by atoms with Gasteiger partial charge in [-0.15, -0.1) is 12.4 Å². The molecule has 0 radical (unpaired) electrons. The first-order valence-corrected chi connectivity index (χ1v) is 8.43. The molecule has 0 saturated carbocycles. The molecule has 0 spiro atoms. The van der Waals surface area contributed by atoms with Gasteiger partial charge in [0.2, 0.25) is 11.8 Å². The number of rotatable bonds is 5. The third-order valence-electron chi connectivity index (χ3n) is 4.50.